The van der Waals surface area contributed by atoms with Crippen LogP contribution in [0.5, 0.6) is 0 Å². The highest BCUT2D eigenvalue weighted by Gasteiger charge is 2.22. The third-order valence-corrected chi connectivity index (χ3v) is 4.08. The molecular formula is C16H22N2. The van der Waals surface area contributed by atoms with E-state index in [4.69, 9.17) is 5.26 Å². The van der Waals surface area contributed by atoms with E-state index >= 15 is 0 Å². The first-order valence-electron chi connectivity index (χ1n) is 7.06. The highest BCUT2D eigenvalue weighted by molar-refractivity contribution is 5.31. The first-order chi connectivity index (χ1) is 8.83. The molecule has 0 saturated heterocycles. The van der Waals surface area contributed by atoms with E-state index in [9.17, 15) is 0 Å². The normalized spacial score (nSPS) is 23.6. The van der Waals surface area contributed by atoms with Crippen LogP contribution in [0.1, 0.15) is 50.2 Å². The summed E-state index contributed by atoms with van der Waals surface area (Å²) in [5.41, 5.74) is 2.01. The molecule has 1 aliphatic carbocycles. The molecule has 0 aliphatic heterocycles. The molecule has 2 heteroatoms. The van der Waals surface area contributed by atoms with Crippen LogP contribution in [0.15, 0.2) is 24.3 Å². The van der Waals surface area contributed by atoms with Crippen LogP contribution >= 0.6 is 0 Å². The Hall–Kier alpha value is -1.33. The molecule has 0 aromatic heterocycles. The van der Waals surface area contributed by atoms with Gasteiger partial charge >= 0.3 is 0 Å². The molecule has 1 aromatic carbocycles. The van der Waals surface area contributed by atoms with Crippen molar-refractivity contribution in [3.63, 3.8) is 0 Å². The monoisotopic (exact) mass is 242 g/mol. The molecule has 2 nitrogen and oxygen atoms in total. The SMILES string of the molecule is CCC1CCCCC1NCc1ccc(C#N)cc1. The Labute approximate surface area is 110 Å². The number of benzene rings is 1. The van der Waals surface area contributed by atoms with E-state index < -0.39 is 0 Å². The standard InChI is InChI=1S/C16H22N2/c1-2-15-5-3-4-6-16(15)18-12-14-9-7-13(11-17)8-10-14/h7-10,15-16,18H,2-6,12H2,1H3. The van der Waals surface area contributed by atoms with Crippen molar-refractivity contribution in [1.29, 1.82) is 5.26 Å². The van der Waals surface area contributed by atoms with Crippen LogP contribution in [-0.2, 0) is 6.54 Å². The van der Waals surface area contributed by atoms with Gasteiger partial charge in [0.25, 0.3) is 0 Å². The fourth-order valence-electron chi connectivity index (χ4n) is 2.91. The molecule has 0 radical (unpaired) electrons. The lowest BCUT2D eigenvalue weighted by Crippen LogP contribution is -2.37. The lowest BCUT2D eigenvalue weighted by Gasteiger charge is -2.31. The molecule has 0 bridgehead atoms. The first kappa shape index (κ1) is 13.1. The summed E-state index contributed by atoms with van der Waals surface area (Å²) in [6.45, 7) is 3.22. The number of nitriles is 1. The van der Waals surface area contributed by atoms with Gasteiger partial charge in [0.05, 0.1) is 11.6 Å². The number of nitrogens with zero attached hydrogens (tertiary/aromatic N) is 1. The molecule has 2 unspecified atom stereocenters. The van der Waals surface area contributed by atoms with Gasteiger partial charge in [0.2, 0.25) is 0 Å². The predicted octanol–water partition coefficient (Wildman–Crippen LogP) is 3.62. The zero-order valence-corrected chi connectivity index (χ0v) is 11.2. The zero-order chi connectivity index (χ0) is 12.8. The first-order valence-corrected chi connectivity index (χ1v) is 7.06. The second-order valence-corrected chi connectivity index (χ2v) is 5.25. The lowest BCUT2D eigenvalue weighted by atomic mass is 9.83. The van der Waals surface area contributed by atoms with Gasteiger partial charge in [-0.2, -0.15) is 5.26 Å². The number of nitrogens with one attached hydrogen (secondary N) is 1. The molecule has 2 atom stereocenters. The predicted molar refractivity (Wildman–Crippen MR) is 74.0 cm³/mol. The molecule has 2 rings (SSSR count). The minimum atomic E-state index is 0.680. The molecule has 1 N–H and O–H groups in total. The molecule has 1 saturated carbocycles. The van der Waals surface area contributed by atoms with Crippen molar-refractivity contribution in [2.24, 2.45) is 5.92 Å². The van der Waals surface area contributed by atoms with Gasteiger partial charge in [-0.1, -0.05) is 38.3 Å². The molecule has 96 valence electrons. The van der Waals surface area contributed by atoms with Crippen molar-refractivity contribution in [1.82, 2.24) is 5.32 Å². The average molecular weight is 242 g/mol. The third-order valence-electron chi connectivity index (χ3n) is 4.08. The van der Waals surface area contributed by atoms with Crippen LogP contribution in [0.2, 0.25) is 0 Å². The molecular weight excluding hydrogens is 220 g/mol. The van der Waals surface area contributed by atoms with Crippen molar-refractivity contribution in [2.45, 2.75) is 51.6 Å². The van der Waals surface area contributed by atoms with Crippen molar-refractivity contribution < 1.29 is 0 Å². The second kappa shape index (κ2) is 6.56. The highest BCUT2D eigenvalue weighted by atomic mass is 14.9. The van der Waals surface area contributed by atoms with Gasteiger partial charge in [0.1, 0.15) is 0 Å². The van der Waals surface area contributed by atoms with E-state index in [0.717, 1.165) is 18.0 Å². The molecule has 0 spiro atoms. The summed E-state index contributed by atoms with van der Waals surface area (Å²) >= 11 is 0. The van der Waals surface area contributed by atoms with Crippen LogP contribution < -0.4 is 5.32 Å². The molecule has 0 heterocycles. The van der Waals surface area contributed by atoms with Crippen LogP contribution in [0.25, 0.3) is 0 Å². The summed E-state index contributed by atoms with van der Waals surface area (Å²) in [7, 11) is 0. The Bertz CT molecular complexity index is 402. The lowest BCUT2D eigenvalue weighted by molar-refractivity contribution is 0.254. The Kier molecular flexibility index (Phi) is 4.78. The fraction of sp³-hybridized carbons (Fsp3) is 0.562. The molecule has 18 heavy (non-hydrogen) atoms. The minimum absolute atomic E-state index is 0.680. The van der Waals surface area contributed by atoms with Crippen LogP contribution in [0.3, 0.4) is 0 Å². The zero-order valence-electron chi connectivity index (χ0n) is 11.2. The summed E-state index contributed by atoms with van der Waals surface area (Å²) in [5, 5.41) is 12.5. The van der Waals surface area contributed by atoms with Gasteiger partial charge < -0.3 is 5.32 Å². The quantitative estimate of drug-likeness (QED) is 0.875. The maximum atomic E-state index is 8.76. The van der Waals surface area contributed by atoms with Crippen molar-refractivity contribution in [2.75, 3.05) is 0 Å². The molecule has 1 fully saturated rings. The molecule has 0 amide bonds. The summed E-state index contributed by atoms with van der Waals surface area (Å²) in [6, 6.07) is 10.7. The van der Waals surface area contributed by atoms with Crippen molar-refractivity contribution in [3.8, 4) is 6.07 Å². The minimum Gasteiger partial charge on any atom is -0.310 e. The number of hydrogen-bond donors (Lipinski definition) is 1. The van der Waals surface area contributed by atoms with E-state index in [2.05, 4.69) is 30.4 Å². The van der Waals surface area contributed by atoms with E-state index in [-0.39, 0.29) is 0 Å². The van der Waals surface area contributed by atoms with E-state index in [1.807, 2.05) is 12.1 Å². The molecule has 1 aliphatic rings. The van der Waals surface area contributed by atoms with Gasteiger partial charge in [0, 0.05) is 12.6 Å². The van der Waals surface area contributed by atoms with Crippen molar-refractivity contribution >= 4 is 0 Å². The van der Waals surface area contributed by atoms with E-state index in [0.29, 0.717) is 6.04 Å². The Morgan fingerprint density at radius 1 is 1.22 bits per heavy atom. The van der Waals surface area contributed by atoms with E-state index in [1.54, 1.807) is 0 Å². The molecule has 1 aromatic rings. The Morgan fingerprint density at radius 3 is 2.61 bits per heavy atom. The van der Waals surface area contributed by atoms with Crippen LogP contribution in [0, 0.1) is 17.2 Å². The third kappa shape index (κ3) is 3.34. The Morgan fingerprint density at radius 2 is 1.94 bits per heavy atom. The highest BCUT2D eigenvalue weighted by Crippen LogP contribution is 2.26. The van der Waals surface area contributed by atoms with Gasteiger partial charge in [-0.25, -0.2) is 0 Å². The summed E-state index contributed by atoms with van der Waals surface area (Å²) < 4.78 is 0. The van der Waals surface area contributed by atoms with E-state index in [1.165, 1.54) is 37.7 Å². The van der Waals surface area contributed by atoms with Gasteiger partial charge in [-0.3, -0.25) is 0 Å². The smallest absolute Gasteiger partial charge is 0.0991 e. The van der Waals surface area contributed by atoms with Crippen LogP contribution in [-0.4, -0.2) is 6.04 Å². The maximum absolute atomic E-state index is 8.76. The summed E-state index contributed by atoms with van der Waals surface area (Å²) in [5.74, 6) is 0.845. The summed E-state index contributed by atoms with van der Waals surface area (Å²) in [6.07, 6.45) is 6.73. The Balaban J connectivity index is 1.87. The second-order valence-electron chi connectivity index (χ2n) is 5.25. The largest absolute Gasteiger partial charge is 0.310 e. The van der Waals surface area contributed by atoms with Crippen molar-refractivity contribution in [3.05, 3.63) is 35.4 Å². The topological polar surface area (TPSA) is 35.8 Å². The average Bonchev–Trinajstić information content (AvgIpc) is 2.46. The number of hydrogen-bond acceptors (Lipinski definition) is 2. The van der Waals surface area contributed by atoms with Gasteiger partial charge in [0.15, 0.2) is 0 Å². The summed E-state index contributed by atoms with van der Waals surface area (Å²) in [4.78, 5) is 0. The number of rotatable bonds is 4. The van der Waals surface area contributed by atoms with Gasteiger partial charge in [-0.05, 0) is 36.5 Å². The van der Waals surface area contributed by atoms with Crippen LogP contribution in [0.4, 0.5) is 0 Å². The maximum Gasteiger partial charge on any atom is 0.0991 e. The fourth-order valence-corrected chi connectivity index (χ4v) is 2.91. The van der Waals surface area contributed by atoms with Gasteiger partial charge in [-0.15, -0.1) is 0 Å².